The van der Waals surface area contributed by atoms with E-state index in [1.807, 2.05) is 24.3 Å². The van der Waals surface area contributed by atoms with Gasteiger partial charge in [-0.25, -0.2) is 9.18 Å². The monoisotopic (exact) mass is 559 g/mol. The van der Waals surface area contributed by atoms with Crippen molar-refractivity contribution < 1.29 is 18.7 Å². The first-order valence-electron chi connectivity index (χ1n) is 13.8. The van der Waals surface area contributed by atoms with Crippen LogP contribution in [0.3, 0.4) is 0 Å². The zero-order valence-corrected chi connectivity index (χ0v) is 24.1. The molecule has 6 heteroatoms. The molecule has 2 aliphatic rings. The Kier molecular flexibility index (Phi) is 8.43. The molecule has 0 unspecified atom stereocenters. The standard InChI is InChI=1S/C34H35ClFNO3/c1-34(2)17-14-26(29(21-34)24-8-11-27(35)12-9-24)22-37-18-15-23(16-19-37)25-10-13-28(33(38)39-3)32(20-25)40-31-7-5-4-6-30(31)36/h4-13,15,20H,14,16-19,21-22H2,1-3H3. The molecular weight excluding hydrogens is 525 g/mol. The molecule has 1 heterocycles. The number of methoxy groups -OCH3 is 1. The van der Waals surface area contributed by atoms with Crippen molar-refractivity contribution in [1.29, 1.82) is 0 Å². The summed E-state index contributed by atoms with van der Waals surface area (Å²) < 4.78 is 25.1. The summed E-state index contributed by atoms with van der Waals surface area (Å²) in [5.41, 5.74) is 6.92. The predicted molar refractivity (Wildman–Crippen MR) is 159 cm³/mol. The first-order chi connectivity index (χ1) is 19.2. The van der Waals surface area contributed by atoms with Crippen LogP contribution in [-0.2, 0) is 4.74 Å². The first kappa shape index (κ1) is 28.1. The van der Waals surface area contributed by atoms with Crippen LogP contribution in [0.5, 0.6) is 11.5 Å². The van der Waals surface area contributed by atoms with Crippen LogP contribution in [0.4, 0.5) is 4.39 Å². The Balaban J connectivity index is 1.36. The molecule has 1 aliphatic carbocycles. The maximum Gasteiger partial charge on any atom is 0.341 e. The maximum absolute atomic E-state index is 14.3. The second kappa shape index (κ2) is 12.0. The molecule has 208 valence electrons. The van der Waals surface area contributed by atoms with E-state index in [0.717, 1.165) is 49.5 Å². The largest absolute Gasteiger partial charge is 0.465 e. The topological polar surface area (TPSA) is 38.8 Å². The number of allylic oxidation sites excluding steroid dienone is 1. The second-order valence-corrected chi connectivity index (χ2v) is 11.8. The minimum absolute atomic E-state index is 0.0639. The smallest absolute Gasteiger partial charge is 0.341 e. The minimum atomic E-state index is -0.526. The van der Waals surface area contributed by atoms with Crippen molar-refractivity contribution in [2.75, 3.05) is 26.7 Å². The summed E-state index contributed by atoms with van der Waals surface area (Å²) in [4.78, 5) is 14.9. The fraction of sp³-hybridized carbons (Fsp3) is 0.324. The highest BCUT2D eigenvalue weighted by Gasteiger charge is 2.29. The lowest BCUT2D eigenvalue weighted by Gasteiger charge is -2.36. The lowest BCUT2D eigenvalue weighted by atomic mass is 9.72. The SMILES string of the molecule is COC(=O)c1ccc(C2=CCN(CC3=C(c4ccc(Cl)cc4)CC(C)(C)CC3)CC2)cc1Oc1ccccc1F. The number of benzene rings is 3. The van der Waals surface area contributed by atoms with E-state index in [2.05, 4.69) is 37.0 Å². The molecule has 0 radical (unpaired) electrons. The van der Waals surface area contributed by atoms with Gasteiger partial charge < -0.3 is 9.47 Å². The number of esters is 1. The van der Waals surface area contributed by atoms with Crippen LogP contribution in [0.25, 0.3) is 11.1 Å². The molecule has 0 saturated carbocycles. The average molecular weight is 560 g/mol. The van der Waals surface area contributed by atoms with Gasteiger partial charge in [-0.05, 0) is 89.8 Å². The number of rotatable bonds is 7. The average Bonchev–Trinajstić information content (AvgIpc) is 2.95. The lowest BCUT2D eigenvalue weighted by Crippen LogP contribution is -2.32. The van der Waals surface area contributed by atoms with E-state index in [1.165, 1.54) is 41.9 Å². The number of para-hydroxylation sites is 1. The Morgan fingerprint density at radius 3 is 2.45 bits per heavy atom. The highest BCUT2D eigenvalue weighted by Crippen LogP contribution is 2.43. The van der Waals surface area contributed by atoms with Crippen LogP contribution in [0.15, 0.2) is 78.4 Å². The molecule has 0 aromatic heterocycles. The van der Waals surface area contributed by atoms with Gasteiger partial charge in [0.05, 0.1) is 7.11 Å². The van der Waals surface area contributed by atoms with Gasteiger partial charge in [0, 0.05) is 24.7 Å². The molecule has 0 spiro atoms. The van der Waals surface area contributed by atoms with Crippen LogP contribution >= 0.6 is 11.6 Å². The predicted octanol–water partition coefficient (Wildman–Crippen LogP) is 8.81. The number of carbonyl (C=O) groups is 1. The van der Waals surface area contributed by atoms with Gasteiger partial charge in [0.25, 0.3) is 0 Å². The van der Waals surface area contributed by atoms with Crippen molar-refractivity contribution in [3.05, 3.63) is 106 Å². The van der Waals surface area contributed by atoms with Crippen molar-refractivity contribution >= 4 is 28.7 Å². The van der Waals surface area contributed by atoms with E-state index >= 15 is 0 Å². The van der Waals surface area contributed by atoms with Crippen LogP contribution in [0, 0.1) is 11.2 Å². The quantitative estimate of drug-likeness (QED) is 0.271. The van der Waals surface area contributed by atoms with Gasteiger partial charge >= 0.3 is 5.97 Å². The Bertz CT molecular complexity index is 1460. The third-order valence-corrected chi connectivity index (χ3v) is 8.15. The zero-order valence-electron chi connectivity index (χ0n) is 23.3. The number of halogens is 2. The first-order valence-corrected chi connectivity index (χ1v) is 14.1. The van der Waals surface area contributed by atoms with Crippen molar-refractivity contribution in [1.82, 2.24) is 4.90 Å². The molecule has 3 aromatic rings. The Labute approximate surface area is 241 Å². The molecular formula is C34H35ClFNO3. The fourth-order valence-corrected chi connectivity index (χ4v) is 5.71. The number of carbonyl (C=O) groups excluding carboxylic acids is 1. The number of ether oxygens (including phenoxy) is 2. The summed E-state index contributed by atoms with van der Waals surface area (Å²) in [6.45, 7) is 7.41. The van der Waals surface area contributed by atoms with E-state index in [-0.39, 0.29) is 22.5 Å². The number of hydrogen-bond acceptors (Lipinski definition) is 4. The fourth-order valence-electron chi connectivity index (χ4n) is 5.58. The Morgan fingerprint density at radius 1 is 1.00 bits per heavy atom. The summed E-state index contributed by atoms with van der Waals surface area (Å²) in [7, 11) is 1.32. The van der Waals surface area contributed by atoms with Gasteiger partial charge in [0.2, 0.25) is 0 Å². The van der Waals surface area contributed by atoms with Crippen molar-refractivity contribution in [3.63, 3.8) is 0 Å². The lowest BCUT2D eigenvalue weighted by molar-refractivity contribution is 0.0597. The molecule has 0 atom stereocenters. The molecule has 1 aliphatic heterocycles. The van der Waals surface area contributed by atoms with Crippen LogP contribution in [-0.4, -0.2) is 37.6 Å². The van der Waals surface area contributed by atoms with E-state index in [9.17, 15) is 9.18 Å². The minimum Gasteiger partial charge on any atom is -0.465 e. The van der Waals surface area contributed by atoms with Crippen molar-refractivity contribution in [2.24, 2.45) is 5.41 Å². The van der Waals surface area contributed by atoms with Gasteiger partial charge in [-0.3, -0.25) is 4.90 Å². The van der Waals surface area contributed by atoms with Gasteiger partial charge in [-0.2, -0.15) is 0 Å². The third kappa shape index (κ3) is 6.48. The van der Waals surface area contributed by atoms with Gasteiger partial charge in [0.1, 0.15) is 11.3 Å². The van der Waals surface area contributed by atoms with E-state index in [1.54, 1.807) is 24.3 Å². The van der Waals surface area contributed by atoms with Gasteiger partial charge in [0.15, 0.2) is 11.6 Å². The molecule has 40 heavy (non-hydrogen) atoms. The van der Waals surface area contributed by atoms with Gasteiger partial charge in [-0.15, -0.1) is 0 Å². The number of hydrogen-bond donors (Lipinski definition) is 0. The van der Waals surface area contributed by atoms with E-state index in [0.29, 0.717) is 0 Å². The summed E-state index contributed by atoms with van der Waals surface area (Å²) in [5, 5.41) is 0.761. The molecule has 0 bridgehead atoms. The Hall–Kier alpha value is -3.41. The van der Waals surface area contributed by atoms with Crippen LogP contribution in [0.1, 0.15) is 61.0 Å². The molecule has 0 fully saturated rings. The summed E-state index contributed by atoms with van der Waals surface area (Å²) in [6, 6.07) is 19.8. The third-order valence-electron chi connectivity index (χ3n) is 7.90. The van der Waals surface area contributed by atoms with E-state index < -0.39 is 11.8 Å². The normalized spacial score (nSPS) is 17.4. The molecule has 0 saturated heterocycles. The van der Waals surface area contributed by atoms with Crippen LogP contribution < -0.4 is 4.74 Å². The highest BCUT2D eigenvalue weighted by atomic mass is 35.5. The summed E-state index contributed by atoms with van der Waals surface area (Å²) in [6.07, 6.45) is 6.47. The molecule has 3 aromatic carbocycles. The zero-order chi connectivity index (χ0) is 28.3. The second-order valence-electron chi connectivity index (χ2n) is 11.4. The number of nitrogens with zero attached hydrogens (tertiary/aromatic N) is 1. The Morgan fingerprint density at radius 2 is 1.75 bits per heavy atom. The molecule has 0 amide bonds. The summed E-state index contributed by atoms with van der Waals surface area (Å²) in [5.74, 6) is -0.675. The molecule has 0 N–H and O–H groups in total. The van der Waals surface area contributed by atoms with Crippen molar-refractivity contribution in [2.45, 2.75) is 39.5 Å². The van der Waals surface area contributed by atoms with Crippen molar-refractivity contribution in [3.8, 4) is 11.5 Å². The van der Waals surface area contributed by atoms with Gasteiger partial charge in [-0.1, -0.05) is 67.4 Å². The molecule has 4 nitrogen and oxygen atoms in total. The van der Waals surface area contributed by atoms with Crippen LogP contribution in [0.2, 0.25) is 5.02 Å². The van der Waals surface area contributed by atoms with E-state index in [4.69, 9.17) is 21.1 Å². The summed E-state index contributed by atoms with van der Waals surface area (Å²) >= 11 is 6.17. The maximum atomic E-state index is 14.3. The highest BCUT2D eigenvalue weighted by molar-refractivity contribution is 6.30. The molecule has 5 rings (SSSR count).